The van der Waals surface area contributed by atoms with Gasteiger partial charge in [-0.25, -0.2) is 13.2 Å². The topological polar surface area (TPSA) is 84.6 Å². The number of carbonyl (C=O) groups excluding carboxylic acids is 1. The molecule has 8 nitrogen and oxygen atoms in total. The van der Waals surface area contributed by atoms with Crippen LogP contribution in [0.15, 0.2) is 76.4 Å². The number of amides is 1. The third-order valence-corrected chi connectivity index (χ3v) is 8.45. The van der Waals surface area contributed by atoms with Crippen molar-refractivity contribution in [3.8, 4) is 0 Å². The molecular weight excluding hydrogens is 452 g/mol. The fraction of sp³-hybridized carbons (Fsp3) is 0.280. The molecule has 0 aliphatic carbocycles. The largest absolute Gasteiger partial charge is 0.340 e. The lowest BCUT2D eigenvalue weighted by molar-refractivity contribution is -0.132. The van der Waals surface area contributed by atoms with Crippen LogP contribution in [0.4, 0.5) is 0 Å². The van der Waals surface area contributed by atoms with Crippen LogP contribution in [0, 0.1) is 0 Å². The van der Waals surface area contributed by atoms with E-state index in [9.17, 15) is 18.0 Å². The van der Waals surface area contributed by atoms with Gasteiger partial charge >= 0.3 is 5.69 Å². The fourth-order valence-corrected chi connectivity index (χ4v) is 6.06. The molecule has 1 aliphatic heterocycles. The van der Waals surface area contributed by atoms with Crippen molar-refractivity contribution in [1.29, 1.82) is 0 Å². The molecule has 9 heteroatoms. The minimum Gasteiger partial charge on any atom is -0.340 e. The van der Waals surface area contributed by atoms with Crippen LogP contribution in [0.3, 0.4) is 0 Å². The molecule has 2 heterocycles. The molecule has 1 aromatic heterocycles. The van der Waals surface area contributed by atoms with Gasteiger partial charge in [0, 0.05) is 46.2 Å². The third kappa shape index (κ3) is 3.91. The van der Waals surface area contributed by atoms with Crippen molar-refractivity contribution in [3.05, 3.63) is 77.2 Å². The zero-order valence-corrected chi connectivity index (χ0v) is 19.7. The second kappa shape index (κ2) is 8.73. The van der Waals surface area contributed by atoms with E-state index < -0.39 is 10.0 Å². The third-order valence-electron chi connectivity index (χ3n) is 6.55. The Morgan fingerprint density at radius 3 is 2.24 bits per heavy atom. The van der Waals surface area contributed by atoms with Crippen LogP contribution in [0.1, 0.15) is 6.42 Å². The summed E-state index contributed by atoms with van der Waals surface area (Å²) in [5.41, 5.74) is 1.47. The Balaban J connectivity index is 1.24. The first kappa shape index (κ1) is 22.4. The minimum absolute atomic E-state index is 0.0809. The van der Waals surface area contributed by atoms with Crippen molar-refractivity contribution < 1.29 is 13.2 Å². The van der Waals surface area contributed by atoms with E-state index in [4.69, 9.17) is 0 Å². The van der Waals surface area contributed by atoms with Crippen molar-refractivity contribution in [2.45, 2.75) is 17.9 Å². The quantitative estimate of drug-likeness (QED) is 0.441. The molecule has 1 amide bonds. The number of sulfonamides is 1. The molecule has 5 rings (SSSR count). The summed E-state index contributed by atoms with van der Waals surface area (Å²) in [5, 5.41) is 1.86. The lowest BCUT2D eigenvalue weighted by atomic mass is 10.1. The first-order valence-electron chi connectivity index (χ1n) is 11.3. The molecule has 0 bridgehead atoms. The van der Waals surface area contributed by atoms with E-state index in [2.05, 4.69) is 0 Å². The molecule has 1 aliphatic rings. The predicted molar refractivity (Wildman–Crippen MR) is 131 cm³/mol. The highest BCUT2D eigenvalue weighted by molar-refractivity contribution is 7.89. The van der Waals surface area contributed by atoms with Gasteiger partial charge in [0.1, 0.15) is 0 Å². The summed E-state index contributed by atoms with van der Waals surface area (Å²) in [7, 11) is -1.92. The molecule has 0 saturated carbocycles. The van der Waals surface area contributed by atoms with Gasteiger partial charge in [-0.1, -0.05) is 42.5 Å². The Labute approximate surface area is 197 Å². The van der Waals surface area contributed by atoms with Gasteiger partial charge in [-0.2, -0.15) is 4.31 Å². The van der Waals surface area contributed by atoms with Crippen molar-refractivity contribution in [2.24, 2.45) is 7.05 Å². The molecule has 1 fully saturated rings. The number of benzene rings is 3. The van der Waals surface area contributed by atoms with Crippen LogP contribution in [0.2, 0.25) is 0 Å². The van der Waals surface area contributed by atoms with E-state index in [1.54, 1.807) is 33.2 Å². The second-order valence-electron chi connectivity index (χ2n) is 8.53. The molecular formula is C25H26N4O4S. The molecule has 34 heavy (non-hydrogen) atoms. The summed E-state index contributed by atoms with van der Waals surface area (Å²) >= 11 is 0. The number of imidazole rings is 1. The summed E-state index contributed by atoms with van der Waals surface area (Å²) in [4.78, 5) is 27.4. The molecule has 4 aromatic rings. The molecule has 0 radical (unpaired) electrons. The molecule has 0 unspecified atom stereocenters. The summed E-state index contributed by atoms with van der Waals surface area (Å²) in [6, 6.07) is 20.3. The number of piperazine rings is 1. The Morgan fingerprint density at radius 1 is 0.853 bits per heavy atom. The highest BCUT2D eigenvalue weighted by atomic mass is 32.2. The second-order valence-corrected chi connectivity index (χ2v) is 10.5. The number of para-hydroxylation sites is 2. The number of aromatic nitrogens is 2. The zero-order valence-electron chi connectivity index (χ0n) is 18.9. The van der Waals surface area contributed by atoms with E-state index in [0.717, 1.165) is 21.8 Å². The van der Waals surface area contributed by atoms with Gasteiger partial charge in [-0.15, -0.1) is 0 Å². The lowest BCUT2D eigenvalue weighted by Crippen LogP contribution is -2.50. The van der Waals surface area contributed by atoms with Crippen LogP contribution in [0.25, 0.3) is 21.8 Å². The van der Waals surface area contributed by atoms with Gasteiger partial charge in [0.25, 0.3) is 0 Å². The van der Waals surface area contributed by atoms with E-state index in [1.807, 2.05) is 54.6 Å². The molecule has 0 spiro atoms. The summed E-state index contributed by atoms with van der Waals surface area (Å²) in [5.74, 6) is -0.0809. The predicted octanol–water partition coefficient (Wildman–Crippen LogP) is 2.42. The number of aryl methyl sites for hydroxylation is 2. The highest BCUT2D eigenvalue weighted by Gasteiger charge is 2.30. The van der Waals surface area contributed by atoms with Crippen LogP contribution in [-0.2, 0) is 28.4 Å². The maximum Gasteiger partial charge on any atom is 0.328 e. The molecule has 0 atom stereocenters. The zero-order chi connectivity index (χ0) is 23.9. The first-order valence-corrected chi connectivity index (χ1v) is 12.7. The van der Waals surface area contributed by atoms with Crippen molar-refractivity contribution in [3.63, 3.8) is 0 Å². The van der Waals surface area contributed by atoms with Crippen LogP contribution in [-0.4, -0.2) is 58.8 Å². The Morgan fingerprint density at radius 2 is 1.50 bits per heavy atom. The van der Waals surface area contributed by atoms with Crippen molar-refractivity contribution >= 4 is 37.7 Å². The van der Waals surface area contributed by atoms with Crippen LogP contribution < -0.4 is 5.69 Å². The number of rotatable bonds is 5. The highest BCUT2D eigenvalue weighted by Crippen LogP contribution is 2.23. The fourth-order valence-electron chi connectivity index (χ4n) is 4.60. The summed E-state index contributed by atoms with van der Waals surface area (Å²) < 4.78 is 31.0. The summed E-state index contributed by atoms with van der Waals surface area (Å²) in [6.07, 6.45) is 0.186. The Kier molecular flexibility index (Phi) is 5.75. The van der Waals surface area contributed by atoms with Crippen molar-refractivity contribution in [2.75, 3.05) is 26.2 Å². The smallest absolute Gasteiger partial charge is 0.328 e. The Bertz CT molecular complexity index is 1550. The molecule has 0 N–H and O–H groups in total. The molecule has 176 valence electrons. The molecule has 3 aromatic carbocycles. The average Bonchev–Trinajstić information content (AvgIpc) is 3.11. The van der Waals surface area contributed by atoms with E-state index in [0.29, 0.717) is 13.1 Å². The van der Waals surface area contributed by atoms with E-state index in [-0.39, 0.29) is 42.5 Å². The number of nitrogens with zero attached hydrogens (tertiary/aromatic N) is 4. The lowest BCUT2D eigenvalue weighted by Gasteiger charge is -2.34. The minimum atomic E-state index is -3.64. The molecule has 1 saturated heterocycles. The normalized spacial score (nSPS) is 15.3. The van der Waals surface area contributed by atoms with Crippen LogP contribution >= 0.6 is 0 Å². The van der Waals surface area contributed by atoms with Crippen LogP contribution in [0.5, 0.6) is 0 Å². The maximum atomic E-state index is 13.2. The standard InChI is InChI=1S/C25H26N4O4S/c1-26-22-8-4-5-9-23(22)29(25(26)31)13-12-24(30)27-14-16-28(17-15-27)34(32,33)21-11-10-19-6-2-3-7-20(19)18-21/h2-11,18H,12-17H2,1H3. The van der Waals surface area contributed by atoms with Gasteiger partial charge in [-0.05, 0) is 35.0 Å². The number of fused-ring (bicyclic) bond motifs is 2. The number of carbonyl (C=O) groups is 1. The monoisotopic (exact) mass is 478 g/mol. The number of hydrogen-bond acceptors (Lipinski definition) is 4. The average molecular weight is 479 g/mol. The van der Waals surface area contributed by atoms with E-state index in [1.165, 1.54) is 4.31 Å². The number of hydrogen-bond donors (Lipinski definition) is 0. The van der Waals surface area contributed by atoms with Crippen molar-refractivity contribution in [1.82, 2.24) is 18.3 Å². The first-order chi connectivity index (χ1) is 16.4. The van der Waals surface area contributed by atoms with Gasteiger partial charge in [0.15, 0.2) is 0 Å². The summed E-state index contributed by atoms with van der Waals surface area (Å²) in [6.45, 7) is 1.44. The SMILES string of the molecule is Cn1c(=O)n(CCC(=O)N2CCN(S(=O)(=O)c3ccc4ccccc4c3)CC2)c2ccccc21. The Hall–Kier alpha value is -3.43. The van der Waals surface area contributed by atoms with Gasteiger partial charge < -0.3 is 4.90 Å². The van der Waals surface area contributed by atoms with Gasteiger partial charge in [0.2, 0.25) is 15.9 Å². The maximum absolute atomic E-state index is 13.2. The van der Waals surface area contributed by atoms with Gasteiger partial charge in [0.05, 0.1) is 15.9 Å². The van der Waals surface area contributed by atoms with Gasteiger partial charge in [-0.3, -0.25) is 13.9 Å². The van der Waals surface area contributed by atoms with E-state index >= 15 is 0 Å².